The van der Waals surface area contributed by atoms with E-state index in [0.29, 0.717) is 17.3 Å². The van der Waals surface area contributed by atoms with Crippen molar-refractivity contribution in [2.24, 2.45) is 0 Å². The zero-order valence-corrected chi connectivity index (χ0v) is 9.79. The summed E-state index contributed by atoms with van der Waals surface area (Å²) in [5, 5.41) is 11.9. The van der Waals surface area contributed by atoms with Gasteiger partial charge < -0.3 is 19.9 Å². The molecule has 1 aliphatic rings. The lowest BCUT2D eigenvalue weighted by Crippen LogP contribution is -1.99. The van der Waals surface area contributed by atoms with Gasteiger partial charge in [-0.1, -0.05) is 0 Å². The Labute approximate surface area is 108 Å². The van der Waals surface area contributed by atoms with Gasteiger partial charge >= 0.3 is 5.97 Å². The number of carboxylic acid groups (broad SMARTS) is 1. The Hall–Kier alpha value is -2.76. The average molecular weight is 258 g/mol. The summed E-state index contributed by atoms with van der Waals surface area (Å²) in [5.74, 6) is 0.812. The third kappa shape index (κ3) is 2.28. The Morgan fingerprint density at radius 2 is 2.05 bits per heavy atom. The molecule has 1 aliphatic heterocycles. The Balaban J connectivity index is 1.85. The number of fused-ring (bicyclic) bond motifs is 1. The van der Waals surface area contributed by atoms with Gasteiger partial charge in [-0.15, -0.1) is 0 Å². The molecule has 0 amide bonds. The van der Waals surface area contributed by atoms with Gasteiger partial charge in [0.15, 0.2) is 11.5 Å². The van der Waals surface area contributed by atoms with Gasteiger partial charge in [-0.2, -0.15) is 0 Å². The van der Waals surface area contributed by atoms with Crippen molar-refractivity contribution >= 4 is 17.5 Å². The fourth-order valence-electron chi connectivity index (χ4n) is 1.75. The quantitative estimate of drug-likeness (QED) is 0.878. The summed E-state index contributed by atoms with van der Waals surface area (Å²) < 4.78 is 10.5. The number of hydrogen-bond acceptors (Lipinski definition) is 5. The van der Waals surface area contributed by atoms with E-state index in [2.05, 4.69) is 10.3 Å². The van der Waals surface area contributed by atoms with Crippen LogP contribution in [0.25, 0.3) is 0 Å². The summed E-state index contributed by atoms with van der Waals surface area (Å²) in [7, 11) is 0. The molecule has 6 heteroatoms. The van der Waals surface area contributed by atoms with Crippen molar-refractivity contribution in [1.82, 2.24) is 4.98 Å². The number of ether oxygens (including phenoxy) is 2. The van der Waals surface area contributed by atoms with Gasteiger partial charge in [0.1, 0.15) is 5.82 Å². The molecular weight excluding hydrogens is 248 g/mol. The number of aromatic carboxylic acids is 1. The summed E-state index contributed by atoms with van der Waals surface area (Å²) in [6.45, 7) is 0.214. The van der Waals surface area contributed by atoms with Crippen LogP contribution in [0.15, 0.2) is 36.5 Å². The number of carbonyl (C=O) groups is 1. The number of carboxylic acids is 1. The number of anilines is 2. The van der Waals surface area contributed by atoms with E-state index < -0.39 is 5.97 Å². The maximum atomic E-state index is 10.9. The average Bonchev–Trinajstić information content (AvgIpc) is 2.86. The van der Waals surface area contributed by atoms with Crippen molar-refractivity contribution in [3.8, 4) is 11.5 Å². The first-order chi connectivity index (χ1) is 9.22. The number of nitrogens with one attached hydrogen (secondary N) is 1. The van der Waals surface area contributed by atoms with Crippen molar-refractivity contribution in [2.45, 2.75) is 0 Å². The SMILES string of the molecule is O=C(O)c1ccnc(Nc2ccc3c(c2)OCO3)c1. The molecule has 3 rings (SSSR count). The number of aromatic nitrogens is 1. The van der Waals surface area contributed by atoms with E-state index in [1.807, 2.05) is 6.07 Å². The number of pyridine rings is 1. The normalized spacial score (nSPS) is 12.2. The smallest absolute Gasteiger partial charge is 0.335 e. The molecule has 0 radical (unpaired) electrons. The molecular formula is C13H10N2O4. The molecule has 2 N–H and O–H groups in total. The van der Waals surface area contributed by atoms with Crippen LogP contribution in [0.3, 0.4) is 0 Å². The molecule has 96 valence electrons. The van der Waals surface area contributed by atoms with E-state index in [1.165, 1.54) is 18.3 Å². The highest BCUT2D eigenvalue weighted by atomic mass is 16.7. The maximum absolute atomic E-state index is 10.9. The lowest BCUT2D eigenvalue weighted by Gasteiger charge is -2.06. The fraction of sp³-hybridized carbons (Fsp3) is 0.0769. The van der Waals surface area contributed by atoms with Crippen LogP contribution in [0.2, 0.25) is 0 Å². The van der Waals surface area contributed by atoms with E-state index >= 15 is 0 Å². The molecule has 1 aromatic heterocycles. The Morgan fingerprint density at radius 1 is 1.21 bits per heavy atom. The van der Waals surface area contributed by atoms with Gasteiger partial charge in [0.05, 0.1) is 5.56 Å². The third-order valence-electron chi connectivity index (χ3n) is 2.65. The molecule has 2 heterocycles. The lowest BCUT2D eigenvalue weighted by atomic mass is 10.2. The monoisotopic (exact) mass is 258 g/mol. The second-order valence-corrected chi connectivity index (χ2v) is 3.93. The largest absolute Gasteiger partial charge is 0.478 e. The van der Waals surface area contributed by atoms with Crippen molar-refractivity contribution in [3.63, 3.8) is 0 Å². The first-order valence-electron chi connectivity index (χ1n) is 5.58. The maximum Gasteiger partial charge on any atom is 0.335 e. The van der Waals surface area contributed by atoms with Crippen LogP contribution in [-0.4, -0.2) is 22.9 Å². The fourth-order valence-corrected chi connectivity index (χ4v) is 1.75. The third-order valence-corrected chi connectivity index (χ3v) is 2.65. The summed E-state index contributed by atoms with van der Waals surface area (Å²) in [4.78, 5) is 14.9. The van der Waals surface area contributed by atoms with Gasteiger partial charge in [-0.3, -0.25) is 0 Å². The van der Waals surface area contributed by atoms with Crippen LogP contribution >= 0.6 is 0 Å². The van der Waals surface area contributed by atoms with E-state index in [-0.39, 0.29) is 12.4 Å². The van der Waals surface area contributed by atoms with Gasteiger partial charge in [0, 0.05) is 18.0 Å². The molecule has 0 aliphatic carbocycles. The highest BCUT2D eigenvalue weighted by molar-refractivity contribution is 5.88. The van der Waals surface area contributed by atoms with Gasteiger partial charge in [-0.25, -0.2) is 9.78 Å². The summed E-state index contributed by atoms with van der Waals surface area (Å²) in [6, 6.07) is 8.27. The predicted molar refractivity (Wildman–Crippen MR) is 67.0 cm³/mol. The first kappa shape index (κ1) is 11.3. The van der Waals surface area contributed by atoms with Crippen LogP contribution in [0.4, 0.5) is 11.5 Å². The molecule has 0 unspecified atom stereocenters. The van der Waals surface area contributed by atoms with E-state index in [4.69, 9.17) is 14.6 Å². The predicted octanol–water partition coefficient (Wildman–Crippen LogP) is 2.25. The Morgan fingerprint density at radius 3 is 2.89 bits per heavy atom. The van der Waals surface area contributed by atoms with E-state index in [1.54, 1.807) is 12.1 Å². The molecule has 1 aromatic carbocycles. The highest BCUT2D eigenvalue weighted by Gasteiger charge is 2.13. The van der Waals surface area contributed by atoms with Crippen molar-refractivity contribution in [3.05, 3.63) is 42.1 Å². The van der Waals surface area contributed by atoms with E-state index in [0.717, 1.165) is 5.69 Å². The van der Waals surface area contributed by atoms with Crippen LogP contribution in [0.1, 0.15) is 10.4 Å². The molecule has 2 aromatic rings. The molecule has 0 bridgehead atoms. The molecule has 0 saturated carbocycles. The first-order valence-corrected chi connectivity index (χ1v) is 5.58. The summed E-state index contributed by atoms with van der Waals surface area (Å²) in [6.07, 6.45) is 1.44. The lowest BCUT2D eigenvalue weighted by molar-refractivity contribution is 0.0697. The molecule has 6 nitrogen and oxygen atoms in total. The second-order valence-electron chi connectivity index (χ2n) is 3.93. The number of benzene rings is 1. The zero-order chi connectivity index (χ0) is 13.2. The molecule has 0 fully saturated rings. The van der Waals surface area contributed by atoms with Gasteiger partial charge in [0.25, 0.3) is 0 Å². The van der Waals surface area contributed by atoms with Gasteiger partial charge in [-0.05, 0) is 24.3 Å². The molecule has 0 atom stereocenters. The Bertz CT molecular complexity index is 642. The second kappa shape index (κ2) is 4.49. The summed E-state index contributed by atoms with van der Waals surface area (Å²) in [5.41, 5.74) is 0.928. The van der Waals surface area contributed by atoms with Crippen LogP contribution < -0.4 is 14.8 Å². The number of rotatable bonds is 3. The Kier molecular flexibility index (Phi) is 2.68. The van der Waals surface area contributed by atoms with Crippen LogP contribution in [0, 0.1) is 0 Å². The minimum atomic E-state index is -0.990. The standard InChI is InChI=1S/C13H10N2O4/c16-13(17)8-3-4-14-12(5-8)15-9-1-2-10-11(6-9)19-7-18-10/h1-6H,7H2,(H,14,15)(H,16,17). The summed E-state index contributed by atoms with van der Waals surface area (Å²) >= 11 is 0. The molecule has 0 spiro atoms. The number of hydrogen-bond donors (Lipinski definition) is 2. The zero-order valence-electron chi connectivity index (χ0n) is 9.79. The van der Waals surface area contributed by atoms with Crippen molar-refractivity contribution in [1.29, 1.82) is 0 Å². The van der Waals surface area contributed by atoms with Gasteiger partial charge in [0.2, 0.25) is 6.79 Å². The molecule has 0 saturated heterocycles. The van der Waals surface area contributed by atoms with Crippen LogP contribution in [0.5, 0.6) is 11.5 Å². The van der Waals surface area contributed by atoms with Crippen molar-refractivity contribution in [2.75, 3.05) is 12.1 Å². The van der Waals surface area contributed by atoms with Crippen molar-refractivity contribution < 1.29 is 19.4 Å². The minimum Gasteiger partial charge on any atom is -0.478 e. The molecule has 19 heavy (non-hydrogen) atoms. The number of nitrogens with zero attached hydrogens (tertiary/aromatic N) is 1. The van der Waals surface area contributed by atoms with E-state index in [9.17, 15) is 4.79 Å². The van der Waals surface area contributed by atoms with Crippen LogP contribution in [-0.2, 0) is 0 Å². The minimum absolute atomic E-state index is 0.179. The highest BCUT2D eigenvalue weighted by Crippen LogP contribution is 2.34. The topological polar surface area (TPSA) is 80.7 Å².